The Hall–Kier alpha value is -3.14. The standard InChI is InChI=1S/C23H15BrClFN2O2/c24-18-9-10-22(30-14-15-5-1-2-6-19(15)25)16(12-18)11-17(13-27)23(29)28-21-8-4-3-7-20(21)26/h1-12H,14H2,(H,28,29)/b17-11-. The van der Waals surface area contributed by atoms with Crippen LogP contribution in [0.4, 0.5) is 10.1 Å². The molecule has 3 rings (SSSR count). The number of nitrogens with zero attached hydrogens (tertiary/aromatic N) is 1. The lowest BCUT2D eigenvalue weighted by Gasteiger charge is -2.11. The second-order valence-corrected chi connectivity index (χ2v) is 7.49. The maximum Gasteiger partial charge on any atom is 0.266 e. The molecule has 3 aromatic carbocycles. The van der Waals surface area contributed by atoms with Crippen LogP contribution in [0.15, 0.2) is 76.8 Å². The van der Waals surface area contributed by atoms with Gasteiger partial charge in [0.15, 0.2) is 0 Å². The van der Waals surface area contributed by atoms with Gasteiger partial charge in [-0.3, -0.25) is 4.79 Å². The van der Waals surface area contributed by atoms with E-state index in [4.69, 9.17) is 16.3 Å². The van der Waals surface area contributed by atoms with Crippen LogP contribution in [0.25, 0.3) is 6.08 Å². The van der Waals surface area contributed by atoms with E-state index in [1.807, 2.05) is 24.3 Å². The average Bonchev–Trinajstić information content (AvgIpc) is 2.74. The van der Waals surface area contributed by atoms with Crippen molar-refractivity contribution in [2.24, 2.45) is 0 Å². The van der Waals surface area contributed by atoms with Gasteiger partial charge in [0.2, 0.25) is 0 Å². The highest BCUT2D eigenvalue weighted by Crippen LogP contribution is 2.27. The zero-order valence-electron chi connectivity index (χ0n) is 15.5. The monoisotopic (exact) mass is 484 g/mol. The molecule has 7 heteroatoms. The molecule has 0 aliphatic heterocycles. The fraction of sp³-hybridized carbons (Fsp3) is 0.0435. The van der Waals surface area contributed by atoms with Gasteiger partial charge in [0.05, 0.1) is 5.69 Å². The Labute approximate surface area is 186 Å². The molecule has 4 nitrogen and oxygen atoms in total. The summed E-state index contributed by atoms with van der Waals surface area (Å²) >= 11 is 9.54. The summed E-state index contributed by atoms with van der Waals surface area (Å²) in [4.78, 5) is 12.5. The lowest BCUT2D eigenvalue weighted by Crippen LogP contribution is -2.14. The van der Waals surface area contributed by atoms with Crippen LogP contribution in [-0.4, -0.2) is 5.91 Å². The normalized spacial score (nSPS) is 10.9. The van der Waals surface area contributed by atoms with E-state index in [0.29, 0.717) is 16.3 Å². The first-order chi connectivity index (χ1) is 14.5. The first kappa shape index (κ1) is 21.6. The highest BCUT2D eigenvalue weighted by Gasteiger charge is 2.14. The Balaban J connectivity index is 1.86. The summed E-state index contributed by atoms with van der Waals surface area (Å²) < 4.78 is 20.4. The minimum Gasteiger partial charge on any atom is -0.488 e. The number of rotatable bonds is 6. The zero-order valence-corrected chi connectivity index (χ0v) is 17.9. The number of amides is 1. The number of anilines is 1. The van der Waals surface area contributed by atoms with E-state index in [1.165, 1.54) is 24.3 Å². The lowest BCUT2D eigenvalue weighted by molar-refractivity contribution is -0.112. The summed E-state index contributed by atoms with van der Waals surface area (Å²) in [6, 6.07) is 20.1. The Morgan fingerprint density at radius 2 is 1.90 bits per heavy atom. The number of halogens is 3. The fourth-order valence-corrected chi connectivity index (χ4v) is 3.16. The largest absolute Gasteiger partial charge is 0.488 e. The van der Waals surface area contributed by atoms with Crippen LogP contribution in [0, 0.1) is 17.1 Å². The SMILES string of the molecule is N#C/C(=C/c1cc(Br)ccc1OCc1ccccc1Cl)C(=O)Nc1ccccc1F. The van der Waals surface area contributed by atoms with Crippen molar-refractivity contribution < 1.29 is 13.9 Å². The fourth-order valence-electron chi connectivity index (χ4n) is 2.59. The van der Waals surface area contributed by atoms with Crippen LogP contribution >= 0.6 is 27.5 Å². The number of carbonyl (C=O) groups is 1. The molecule has 1 amide bonds. The molecule has 0 saturated heterocycles. The van der Waals surface area contributed by atoms with E-state index in [1.54, 1.807) is 30.3 Å². The predicted octanol–water partition coefficient (Wildman–Crippen LogP) is 6.37. The van der Waals surface area contributed by atoms with Gasteiger partial charge in [-0.1, -0.05) is 57.9 Å². The van der Waals surface area contributed by atoms with Gasteiger partial charge in [-0.2, -0.15) is 5.26 Å². The molecule has 0 saturated carbocycles. The maximum absolute atomic E-state index is 13.8. The molecule has 0 fully saturated rings. The topological polar surface area (TPSA) is 62.1 Å². The minimum absolute atomic E-state index is 0.00640. The van der Waals surface area contributed by atoms with E-state index in [2.05, 4.69) is 21.2 Å². The average molecular weight is 486 g/mol. The van der Waals surface area contributed by atoms with E-state index < -0.39 is 11.7 Å². The van der Waals surface area contributed by atoms with Gasteiger partial charge in [0, 0.05) is 20.6 Å². The van der Waals surface area contributed by atoms with Gasteiger partial charge < -0.3 is 10.1 Å². The number of ether oxygens (including phenoxy) is 1. The Morgan fingerprint density at radius 1 is 1.17 bits per heavy atom. The number of para-hydroxylation sites is 1. The van der Waals surface area contributed by atoms with E-state index in [0.717, 1.165) is 10.0 Å². The van der Waals surface area contributed by atoms with E-state index >= 15 is 0 Å². The molecular weight excluding hydrogens is 471 g/mol. The summed E-state index contributed by atoms with van der Waals surface area (Å²) in [5.74, 6) is -0.849. The molecule has 150 valence electrons. The third kappa shape index (κ3) is 5.47. The van der Waals surface area contributed by atoms with Crippen molar-refractivity contribution in [1.82, 2.24) is 0 Å². The lowest BCUT2D eigenvalue weighted by atomic mass is 10.1. The number of hydrogen-bond donors (Lipinski definition) is 1. The molecule has 1 N–H and O–H groups in total. The van der Waals surface area contributed by atoms with Crippen molar-refractivity contribution in [2.45, 2.75) is 6.61 Å². The highest BCUT2D eigenvalue weighted by molar-refractivity contribution is 9.10. The smallest absolute Gasteiger partial charge is 0.266 e. The molecule has 0 bridgehead atoms. The van der Waals surface area contributed by atoms with Crippen LogP contribution in [0.5, 0.6) is 5.75 Å². The molecular formula is C23H15BrClFN2O2. The second kappa shape index (κ2) is 10.1. The summed E-state index contributed by atoms with van der Waals surface area (Å²) in [5.41, 5.74) is 1.11. The van der Waals surface area contributed by atoms with Crippen LogP contribution in [0.3, 0.4) is 0 Å². The first-order valence-corrected chi connectivity index (χ1v) is 9.98. The van der Waals surface area contributed by atoms with Gasteiger partial charge in [-0.15, -0.1) is 0 Å². The van der Waals surface area contributed by atoms with Crippen molar-refractivity contribution in [3.63, 3.8) is 0 Å². The van der Waals surface area contributed by atoms with Crippen molar-refractivity contribution in [3.05, 3.63) is 98.7 Å². The molecule has 0 unspecified atom stereocenters. The number of benzene rings is 3. The van der Waals surface area contributed by atoms with Crippen molar-refractivity contribution in [3.8, 4) is 11.8 Å². The number of hydrogen-bond acceptors (Lipinski definition) is 3. The Kier molecular flexibility index (Phi) is 7.23. The van der Waals surface area contributed by atoms with Crippen molar-refractivity contribution >= 4 is 45.2 Å². The molecule has 0 radical (unpaired) electrons. The van der Waals surface area contributed by atoms with Crippen LogP contribution in [-0.2, 0) is 11.4 Å². The van der Waals surface area contributed by atoms with Gasteiger partial charge >= 0.3 is 0 Å². The summed E-state index contributed by atoms with van der Waals surface area (Å²) in [7, 11) is 0. The Morgan fingerprint density at radius 3 is 2.63 bits per heavy atom. The van der Waals surface area contributed by atoms with Gasteiger partial charge in [0.1, 0.15) is 29.8 Å². The van der Waals surface area contributed by atoms with Crippen LogP contribution < -0.4 is 10.1 Å². The van der Waals surface area contributed by atoms with Gasteiger partial charge in [-0.05, 0) is 42.5 Å². The summed E-state index contributed by atoms with van der Waals surface area (Å²) in [6.45, 7) is 0.214. The zero-order chi connectivity index (χ0) is 21.5. The predicted molar refractivity (Wildman–Crippen MR) is 119 cm³/mol. The molecule has 0 aliphatic carbocycles. The quantitative estimate of drug-likeness (QED) is 0.326. The second-order valence-electron chi connectivity index (χ2n) is 6.17. The summed E-state index contributed by atoms with van der Waals surface area (Å²) in [6.07, 6.45) is 1.39. The van der Waals surface area contributed by atoms with Crippen molar-refractivity contribution in [1.29, 1.82) is 5.26 Å². The molecule has 0 atom stereocenters. The minimum atomic E-state index is -0.723. The molecule has 0 spiro atoms. The highest BCUT2D eigenvalue weighted by atomic mass is 79.9. The van der Waals surface area contributed by atoms with E-state index in [9.17, 15) is 14.4 Å². The third-order valence-electron chi connectivity index (χ3n) is 4.10. The number of carbonyl (C=O) groups excluding carboxylic acids is 1. The maximum atomic E-state index is 13.8. The van der Waals surface area contributed by atoms with Gasteiger partial charge in [-0.25, -0.2) is 4.39 Å². The molecule has 30 heavy (non-hydrogen) atoms. The van der Waals surface area contributed by atoms with Gasteiger partial charge in [0.25, 0.3) is 5.91 Å². The molecule has 0 aliphatic rings. The number of nitriles is 1. The van der Waals surface area contributed by atoms with Crippen molar-refractivity contribution in [2.75, 3.05) is 5.32 Å². The first-order valence-electron chi connectivity index (χ1n) is 8.81. The van der Waals surface area contributed by atoms with Crippen LogP contribution in [0.1, 0.15) is 11.1 Å². The molecule has 3 aromatic rings. The molecule has 0 heterocycles. The third-order valence-corrected chi connectivity index (χ3v) is 4.96. The van der Waals surface area contributed by atoms with E-state index in [-0.39, 0.29) is 17.9 Å². The number of nitrogens with one attached hydrogen (secondary N) is 1. The Bertz CT molecular complexity index is 1160. The van der Waals surface area contributed by atoms with Crippen LogP contribution in [0.2, 0.25) is 5.02 Å². The molecule has 0 aromatic heterocycles. The summed E-state index contributed by atoms with van der Waals surface area (Å²) in [5, 5.41) is 12.5.